The summed E-state index contributed by atoms with van der Waals surface area (Å²) in [5, 5.41) is 0. The molecule has 1 saturated heterocycles. The van der Waals surface area contributed by atoms with Gasteiger partial charge in [-0.15, -0.1) is 0 Å². The molecule has 1 aliphatic heterocycles. The molecule has 0 saturated carbocycles. The first-order valence-electron chi connectivity index (χ1n) is 3.76. The summed E-state index contributed by atoms with van der Waals surface area (Å²) >= 11 is 0. The van der Waals surface area contributed by atoms with E-state index >= 15 is 0 Å². The number of alkyl halides is 1. The second kappa shape index (κ2) is 3.30. The summed E-state index contributed by atoms with van der Waals surface area (Å²) in [6, 6.07) is 0. The zero-order valence-electron chi connectivity index (χ0n) is 6.39. The van der Waals surface area contributed by atoms with Crippen LogP contribution in [0.25, 0.3) is 0 Å². The Morgan fingerprint density at radius 2 is 2.50 bits per heavy atom. The molecule has 1 heterocycles. The van der Waals surface area contributed by atoms with Gasteiger partial charge in [-0.2, -0.15) is 0 Å². The Balaban J connectivity index is 2.29. The minimum absolute atomic E-state index is 0.179. The molecule has 0 spiro atoms. The van der Waals surface area contributed by atoms with Crippen molar-refractivity contribution in [2.75, 3.05) is 26.7 Å². The minimum Gasteiger partial charge on any atom is -0.328 e. The lowest BCUT2D eigenvalue weighted by molar-refractivity contribution is 0.235. The number of hydrogen-bond donors (Lipinski definition) is 1. The summed E-state index contributed by atoms with van der Waals surface area (Å²) < 4.78 is 12.9. The van der Waals surface area contributed by atoms with Crippen LogP contribution in [0.4, 0.5) is 4.39 Å². The summed E-state index contributed by atoms with van der Waals surface area (Å²) in [5.41, 5.74) is 5.20. The van der Waals surface area contributed by atoms with Crippen LogP contribution in [0.3, 0.4) is 0 Å². The predicted octanol–water partition coefficient (Wildman–Crippen LogP) is 0.235. The molecule has 0 aromatic rings. The van der Waals surface area contributed by atoms with Crippen molar-refractivity contribution in [2.24, 2.45) is 11.7 Å². The van der Waals surface area contributed by atoms with Crippen molar-refractivity contribution in [3.63, 3.8) is 0 Å². The maximum absolute atomic E-state index is 12.9. The lowest BCUT2D eigenvalue weighted by atomic mass is 10.0. The fourth-order valence-electron chi connectivity index (χ4n) is 1.46. The van der Waals surface area contributed by atoms with E-state index in [0.717, 1.165) is 19.5 Å². The second-order valence-electron chi connectivity index (χ2n) is 3.06. The van der Waals surface area contributed by atoms with E-state index in [1.54, 1.807) is 0 Å². The van der Waals surface area contributed by atoms with Crippen molar-refractivity contribution < 1.29 is 4.39 Å². The number of nitrogens with two attached hydrogens (primary N) is 1. The summed E-state index contributed by atoms with van der Waals surface area (Å²) in [7, 11) is 2.02. The summed E-state index contributed by atoms with van der Waals surface area (Å²) in [6.45, 7) is 2.07. The highest BCUT2D eigenvalue weighted by Gasteiger charge is 2.26. The van der Waals surface area contributed by atoms with Crippen LogP contribution in [0.5, 0.6) is 0 Å². The molecule has 1 fully saturated rings. The van der Waals surface area contributed by atoms with E-state index in [9.17, 15) is 4.39 Å². The molecular weight excluding hydrogens is 131 g/mol. The van der Waals surface area contributed by atoms with Crippen LogP contribution in [-0.4, -0.2) is 37.8 Å². The number of hydrogen-bond acceptors (Lipinski definition) is 2. The zero-order valence-corrected chi connectivity index (χ0v) is 6.39. The normalized spacial score (nSPS) is 30.9. The van der Waals surface area contributed by atoms with Crippen LogP contribution in [-0.2, 0) is 0 Å². The molecular formula is C7H15FN2. The van der Waals surface area contributed by atoms with E-state index in [2.05, 4.69) is 4.90 Å². The Morgan fingerprint density at radius 3 is 2.90 bits per heavy atom. The fourth-order valence-corrected chi connectivity index (χ4v) is 1.46. The Morgan fingerprint density at radius 1 is 1.80 bits per heavy atom. The molecule has 2 N–H and O–H groups in total. The van der Waals surface area contributed by atoms with Crippen molar-refractivity contribution in [1.82, 2.24) is 4.90 Å². The molecule has 1 rings (SSSR count). The van der Waals surface area contributed by atoms with E-state index in [4.69, 9.17) is 5.73 Å². The molecule has 0 aromatic heterocycles. The fraction of sp³-hybridized carbons (Fsp3) is 1.00. The van der Waals surface area contributed by atoms with Gasteiger partial charge in [0.2, 0.25) is 0 Å². The maximum atomic E-state index is 12.9. The van der Waals surface area contributed by atoms with Crippen molar-refractivity contribution in [2.45, 2.75) is 12.6 Å². The first-order chi connectivity index (χ1) is 4.74. The van der Waals surface area contributed by atoms with Gasteiger partial charge in [0.1, 0.15) is 6.17 Å². The number of nitrogens with zero attached hydrogens (tertiary/aromatic N) is 1. The average Bonchev–Trinajstić information content (AvgIpc) is 2.34. The van der Waals surface area contributed by atoms with Crippen LogP contribution in [0.2, 0.25) is 0 Å². The Kier molecular flexibility index (Phi) is 2.63. The van der Waals surface area contributed by atoms with Crippen LogP contribution in [0.15, 0.2) is 0 Å². The number of likely N-dealkylation sites (tertiary alicyclic amines) is 1. The highest BCUT2D eigenvalue weighted by Crippen LogP contribution is 2.19. The molecule has 1 aliphatic rings. The Bertz CT molecular complexity index is 108. The van der Waals surface area contributed by atoms with Gasteiger partial charge in [0.15, 0.2) is 0 Å². The third-order valence-corrected chi connectivity index (χ3v) is 2.16. The van der Waals surface area contributed by atoms with Crippen molar-refractivity contribution in [3.8, 4) is 0 Å². The lowest BCUT2D eigenvalue weighted by Gasteiger charge is -2.12. The predicted molar refractivity (Wildman–Crippen MR) is 39.6 cm³/mol. The van der Waals surface area contributed by atoms with Gasteiger partial charge < -0.3 is 10.6 Å². The SMILES string of the molecule is CN1CCC(C(F)CN)C1. The van der Waals surface area contributed by atoms with Gasteiger partial charge in [-0.1, -0.05) is 0 Å². The standard InChI is InChI=1S/C7H15FN2/c1-10-3-2-6(5-10)7(8)4-9/h6-7H,2-5,9H2,1H3. The summed E-state index contributed by atoms with van der Waals surface area (Å²) in [6.07, 6.45) is 0.180. The maximum Gasteiger partial charge on any atom is 0.116 e. The van der Waals surface area contributed by atoms with Gasteiger partial charge in [0, 0.05) is 19.0 Å². The third kappa shape index (κ3) is 1.67. The van der Waals surface area contributed by atoms with E-state index in [0.29, 0.717) is 0 Å². The second-order valence-corrected chi connectivity index (χ2v) is 3.06. The van der Waals surface area contributed by atoms with E-state index in [1.165, 1.54) is 0 Å². The third-order valence-electron chi connectivity index (χ3n) is 2.16. The van der Waals surface area contributed by atoms with Crippen molar-refractivity contribution >= 4 is 0 Å². The number of rotatable bonds is 2. The van der Waals surface area contributed by atoms with Crippen molar-refractivity contribution in [1.29, 1.82) is 0 Å². The Hall–Kier alpha value is -0.150. The summed E-state index contributed by atoms with van der Waals surface area (Å²) in [5.74, 6) is 0.190. The average molecular weight is 146 g/mol. The lowest BCUT2D eigenvalue weighted by Crippen LogP contribution is -2.27. The zero-order chi connectivity index (χ0) is 7.56. The van der Waals surface area contributed by atoms with Gasteiger partial charge in [-0.3, -0.25) is 0 Å². The van der Waals surface area contributed by atoms with Gasteiger partial charge in [0.25, 0.3) is 0 Å². The molecule has 10 heavy (non-hydrogen) atoms. The molecule has 0 radical (unpaired) electrons. The van der Waals surface area contributed by atoms with Gasteiger partial charge in [0.05, 0.1) is 0 Å². The first-order valence-corrected chi connectivity index (χ1v) is 3.76. The number of halogens is 1. The molecule has 2 unspecified atom stereocenters. The van der Waals surface area contributed by atoms with E-state index in [1.807, 2.05) is 7.05 Å². The molecule has 2 atom stereocenters. The largest absolute Gasteiger partial charge is 0.328 e. The quantitative estimate of drug-likeness (QED) is 0.604. The highest BCUT2D eigenvalue weighted by atomic mass is 19.1. The smallest absolute Gasteiger partial charge is 0.116 e. The van der Waals surface area contributed by atoms with E-state index in [-0.39, 0.29) is 12.5 Å². The Labute approximate surface area is 61.2 Å². The van der Waals surface area contributed by atoms with E-state index < -0.39 is 6.17 Å². The summed E-state index contributed by atoms with van der Waals surface area (Å²) in [4.78, 5) is 2.15. The molecule has 0 aliphatic carbocycles. The molecule has 0 bridgehead atoms. The molecule has 0 aromatic carbocycles. The molecule has 2 nitrogen and oxygen atoms in total. The van der Waals surface area contributed by atoms with Crippen LogP contribution >= 0.6 is 0 Å². The van der Waals surface area contributed by atoms with Gasteiger partial charge in [-0.25, -0.2) is 4.39 Å². The van der Waals surface area contributed by atoms with Gasteiger partial charge in [-0.05, 0) is 20.0 Å². The van der Waals surface area contributed by atoms with Crippen LogP contribution < -0.4 is 5.73 Å². The molecule has 60 valence electrons. The minimum atomic E-state index is -0.787. The molecule has 0 amide bonds. The van der Waals surface area contributed by atoms with Crippen LogP contribution in [0, 0.1) is 5.92 Å². The van der Waals surface area contributed by atoms with Gasteiger partial charge >= 0.3 is 0 Å². The molecule has 3 heteroatoms. The highest BCUT2D eigenvalue weighted by molar-refractivity contribution is 4.79. The van der Waals surface area contributed by atoms with Crippen molar-refractivity contribution in [3.05, 3.63) is 0 Å². The topological polar surface area (TPSA) is 29.3 Å². The first kappa shape index (κ1) is 7.95. The monoisotopic (exact) mass is 146 g/mol. The van der Waals surface area contributed by atoms with Crippen LogP contribution in [0.1, 0.15) is 6.42 Å².